The fourth-order valence-electron chi connectivity index (χ4n) is 0.648. The Kier molecular flexibility index (Phi) is 1.63. The highest BCUT2D eigenvalue weighted by Crippen LogP contribution is 1.98. The molecule has 3 heteroatoms. The Hall–Kier alpha value is -1.12. The lowest BCUT2D eigenvalue weighted by molar-refractivity contribution is -0.117. The first-order valence-corrected chi connectivity index (χ1v) is 2.82. The molecule has 0 saturated carbocycles. The van der Waals surface area contributed by atoms with Crippen LogP contribution in [0.2, 0.25) is 0 Å². The van der Waals surface area contributed by atoms with Crippen LogP contribution in [-0.2, 0) is 4.79 Å². The molecular formula is C6H8N2O. The van der Waals surface area contributed by atoms with Gasteiger partial charge in [-0.05, 0) is 12.5 Å². The minimum absolute atomic E-state index is 0.127. The molecule has 0 spiro atoms. The molecule has 1 rings (SSSR count). The molecule has 0 fully saturated rings. The van der Waals surface area contributed by atoms with Gasteiger partial charge < -0.3 is 5.73 Å². The van der Waals surface area contributed by atoms with Gasteiger partial charge in [0.1, 0.15) is 5.84 Å². The summed E-state index contributed by atoms with van der Waals surface area (Å²) >= 11 is 0. The van der Waals surface area contributed by atoms with E-state index in [-0.39, 0.29) is 5.91 Å². The fourth-order valence-corrected chi connectivity index (χ4v) is 0.648. The summed E-state index contributed by atoms with van der Waals surface area (Å²) in [7, 11) is 0. The van der Waals surface area contributed by atoms with Crippen LogP contribution in [0.1, 0.15) is 12.8 Å². The molecule has 0 saturated heterocycles. The van der Waals surface area contributed by atoms with Crippen molar-refractivity contribution in [2.24, 2.45) is 10.7 Å². The Morgan fingerprint density at radius 2 is 2.44 bits per heavy atom. The van der Waals surface area contributed by atoms with Crippen molar-refractivity contribution >= 4 is 11.7 Å². The molecule has 9 heavy (non-hydrogen) atoms. The van der Waals surface area contributed by atoms with Crippen molar-refractivity contribution in [1.29, 1.82) is 0 Å². The van der Waals surface area contributed by atoms with Crippen molar-refractivity contribution in [2.75, 3.05) is 0 Å². The van der Waals surface area contributed by atoms with E-state index in [0.717, 1.165) is 6.42 Å². The number of amidine groups is 1. The van der Waals surface area contributed by atoms with Gasteiger partial charge in [0.25, 0.3) is 0 Å². The summed E-state index contributed by atoms with van der Waals surface area (Å²) in [4.78, 5) is 14.1. The van der Waals surface area contributed by atoms with Crippen molar-refractivity contribution < 1.29 is 4.79 Å². The van der Waals surface area contributed by atoms with Gasteiger partial charge in [0.2, 0.25) is 5.91 Å². The monoisotopic (exact) mass is 124 g/mol. The van der Waals surface area contributed by atoms with Gasteiger partial charge in [0.15, 0.2) is 0 Å². The predicted octanol–water partition coefficient (Wildman–Crippen LogP) is 0.220. The number of allylic oxidation sites excluding steroid dienone is 1. The molecule has 1 aliphatic rings. The summed E-state index contributed by atoms with van der Waals surface area (Å²) in [6.07, 6.45) is 4.74. The Bertz CT molecular complexity index is 181. The van der Waals surface area contributed by atoms with Crippen molar-refractivity contribution in [3.05, 3.63) is 12.2 Å². The van der Waals surface area contributed by atoms with Gasteiger partial charge >= 0.3 is 0 Å². The number of carbonyl (C=O) groups is 1. The van der Waals surface area contributed by atoms with Gasteiger partial charge in [-0.15, -0.1) is 0 Å². The molecule has 3 nitrogen and oxygen atoms in total. The molecule has 2 N–H and O–H groups in total. The Morgan fingerprint density at radius 1 is 1.67 bits per heavy atom. The van der Waals surface area contributed by atoms with Crippen LogP contribution >= 0.6 is 0 Å². The van der Waals surface area contributed by atoms with Crippen LogP contribution in [0.15, 0.2) is 17.1 Å². The van der Waals surface area contributed by atoms with Crippen LogP contribution in [-0.4, -0.2) is 11.7 Å². The van der Waals surface area contributed by atoms with E-state index in [9.17, 15) is 4.79 Å². The predicted molar refractivity (Wildman–Crippen MR) is 35.0 cm³/mol. The molecule has 0 atom stereocenters. The molecule has 0 aliphatic carbocycles. The first-order chi connectivity index (χ1) is 4.29. The molecular weight excluding hydrogens is 116 g/mol. The highest BCUT2D eigenvalue weighted by atomic mass is 16.1. The molecule has 48 valence electrons. The maximum absolute atomic E-state index is 10.6. The van der Waals surface area contributed by atoms with Gasteiger partial charge in [0.05, 0.1) is 0 Å². The van der Waals surface area contributed by atoms with E-state index in [2.05, 4.69) is 4.99 Å². The molecule has 0 unspecified atom stereocenters. The van der Waals surface area contributed by atoms with E-state index >= 15 is 0 Å². The van der Waals surface area contributed by atoms with Crippen molar-refractivity contribution in [1.82, 2.24) is 0 Å². The number of carbonyl (C=O) groups excluding carboxylic acids is 1. The lowest BCUT2D eigenvalue weighted by atomic mass is 10.3. The highest BCUT2D eigenvalue weighted by molar-refractivity contribution is 6.00. The second-order valence-electron chi connectivity index (χ2n) is 1.87. The Labute approximate surface area is 53.3 Å². The van der Waals surface area contributed by atoms with E-state index in [0.29, 0.717) is 12.3 Å². The normalized spacial score (nSPS) is 19.1. The van der Waals surface area contributed by atoms with Gasteiger partial charge in [-0.2, -0.15) is 4.99 Å². The van der Waals surface area contributed by atoms with Crippen LogP contribution in [0.5, 0.6) is 0 Å². The second-order valence-corrected chi connectivity index (χ2v) is 1.87. The minimum Gasteiger partial charge on any atom is -0.384 e. The molecule has 0 aromatic heterocycles. The number of aliphatic imine (C=N–C) groups is 1. The number of rotatable bonds is 0. The Balaban J connectivity index is 2.74. The first-order valence-electron chi connectivity index (χ1n) is 2.82. The highest BCUT2D eigenvalue weighted by Gasteiger charge is 2.00. The second kappa shape index (κ2) is 2.44. The molecule has 0 radical (unpaired) electrons. The number of nitrogens with two attached hydrogens (primary N) is 1. The summed E-state index contributed by atoms with van der Waals surface area (Å²) in [6.45, 7) is 0. The summed E-state index contributed by atoms with van der Waals surface area (Å²) in [5.41, 5.74) is 5.27. The smallest absolute Gasteiger partial charge is 0.247 e. The lowest BCUT2D eigenvalue weighted by Crippen LogP contribution is -2.08. The fraction of sp³-hybridized carbons (Fsp3) is 0.333. The minimum atomic E-state index is -0.127. The van der Waals surface area contributed by atoms with E-state index < -0.39 is 0 Å². The summed E-state index contributed by atoms with van der Waals surface area (Å²) < 4.78 is 0. The van der Waals surface area contributed by atoms with Crippen molar-refractivity contribution in [3.8, 4) is 0 Å². The Morgan fingerprint density at radius 3 is 3.22 bits per heavy atom. The number of hydrogen-bond donors (Lipinski definition) is 1. The zero-order valence-corrected chi connectivity index (χ0v) is 5.00. The topological polar surface area (TPSA) is 55.4 Å². The van der Waals surface area contributed by atoms with Crippen LogP contribution < -0.4 is 5.73 Å². The summed E-state index contributed by atoms with van der Waals surface area (Å²) in [6, 6.07) is 0. The average Bonchev–Trinajstić information content (AvgIpc) is 1.93. The maximum Gasteiger partial charge on any atom is 0.247 e. The summed E-state index contributed by atoms with van der Waals surface area (Å²) in [5, 5.41) is 0. The van der Waals surface area contributed by atoms with Crippen LogP contribution in [0, 0.1) is 0 Å². The van der Waals surface area contributed by atoms with E-state index in [1.807, 2.05) is 6.08 Å². The zero-order valence-electron chi connectivity index (χ0n) is 5.00. The van der Waals surface area contributed by atoms with Crippen molar-refractivity contribution in [2.45, 2.75) is 12.8 Å². The standard InChI is InChI=1S/C6H8N2O/c7-5-3-1-2-4-6(9)8-5/h1,3H,2,4H2,(H2,7,8,9). The molecule has 0 aromatic carbocycles. The largest absolute Gasteiger partial charge is 0.384 e. The third-order valence-electron chi connectivity index (χ3n) is 1.07. The van der Waals surface area contributed by atoms with Gasteiger partial charge in [0, 0.05) is 6.42 Å². The molecule has 0 aromatic rings. The third kappa shape index (κ3) is 1.68. The molecule has 1 aliphatic heterocycles. The lowest BCUT2D eigenvalue weighted by Gasteiger charge is -1.85. The SMILES string of the molecule is NC1=NC(=O)CCC=C1. The van der Waals surface area contributed by atoms with Crippen molar-refractivity contribution in [3.63, 3.8) is 0 Å². The van der Waals surface area contributed by atoms with Gasteiger partial charge in [-0.1, -0.05) is 6.08 Å². The average molecular weight is 124 g/mol. The van der Waals surface area contributed by atoms with E-state index in [1.165, 1.54) is 0 Å². The number of hydrogen-bond acceptors (Lipinski definition) is 2. The van der Waals surface area contributed by atoms with E-state index in [4.69, 9.17) is 5.73 Å². The van der Waals surface area contributed by atoms with Crippen LogP contribution in [0.4, 0.5) is 0 Å². The molecule has 1 amide bonds. The molecule has 0 bridgehead atoms. The number of amides is 1. The quantitative estimate of drug-likeness (QED) is 0.502. The van der Waals surface area contributed by atoms with E-state index in [1.54, 1.807) is 6.08 Å². The van der Waals surface area contributed by atoms with Crippen LogP contribution in [0.3, 0.4) is 0 Å². The van der Waals surface area contributed by atoms with Gasteiger partial charge in [-0.3, -0.25) is 4.79 Å². The number of nitrogens with zero attached hydrogens (tertiary/aromatic N) is 1. The zero-order chi connectivity index (χ0) is 6.69. The molecule has 1 heterocycles. The summed E-state index contributed by atoms with van der Waals surface area (Å²) in [5.74, 6) is 0.190. The maximum atomic E-state index is 10.6. The first kappa shape index (κ1) is 6.01. The third-order valence-corrected chi connectivity index (χ3v) is 1.07. The van der Waals surface area contributed by atoms with Gasteiger partial charge in [-0.25, -0.2) is 0 Å². The van der Waals surface area contributed by atoms with Crippen LogP contribution in [0.25, 0.3) is 0 Å².